The minimum atomic E-state index is 0.672. The van der Waals surface area contributed by atoms with Crippen molar-refractivity contribution in [1.29, 1.82) is 0 Å². The molecule has 1 N–H and O–H groups in total. The van der Waals surface area contributed by atoms with Crippen LogP contribution in [0, 0.1) is 0 Å². The van der Waals surface area contributed by atoms with Crippen LogP contribution in [0.15, 0.2) is 0 Å². The van der Waals surface area contributed by atoms with Crippen molar-refractivity contribution in [3.05, 3.63) is 0 Å². The average molecular weight is 226 g/mol. The maximum atomic E-state index is 3.55. The summed E-state index contributed by atoms with van der Waals surface area (Å²) in [6, 6.07) is 2.11. The van der Waals surface area contributed by atoms with Crippen LogP contribution in [0.3, 0.4) is 0 Å². The summed E-state index contributed by atoms with van der Waals surface area (Å²) in [5, 5.41) is 3.55. The first kappa shape index (κ1) is 14.0. The molecule has 2 heteroatoms. The van der Waals surface area contributed by atoms with E-state index in [9.17, 15) is 0 Å². The predicted molar refractivity (Wildman–Crippen MR) is 71.9 cm³/mol. The second kappa shape index (κ2) is 7.29. The lowest BCUT2D eigenvalue weighted by Gasteiger charge is -2.40. The monoisotopic (exact) mass is 226 g/mol. The van der Waals surface area contributed by atoms with Crippen LogP contribution in [0.1, 0.15) is 59.3 Å². The normalized spacial score (nSPS) is 28.1. The lowest BCUT2D eigenvalue weighted by molar-refractivity contribution is 0.111. The summed E-state index contributed by atoms with van der Waals surface area (Å²) in [4.78, 5) is 2.67. The molecule has 0 aromatic carbocycles. The Bertz CT molecular complexity index is 180. The highest BCUT2D eigenvalue weighted by Crippen LogP contribution is 2.23. The highest BCUT2D eigenvalue weighted by Gasteiger charge is 2.27. The van der Waals surface area contributed by atoms with Crippen LogP contribution in [0.25, 0.3) is 0 Å². The van der Waals surface area contributed by atoms with Gasteiger partial charge in [0.1, 0.15) is 0 Å². The van der Waals surface area contributed by atoms with Crippen molar-refractivity contribution in [1.82, 2.24) is 10.2 Å². The zero-order valence-corrected chi connectivity index (χ0v) is 11.6. The van der Waals surface area contributed by atoms with Gasteiger partial charge >= 0.3 is 0 Å². The maximum Gasteiger partial charge on any atom is 0.0251 e. The maximum absolute atomic E-state index is 3.55. The van der Waals surface area contributed by atoms with Crippen LogP contribution in [-0.4, -0.2) is 36.6 Å². The van der Waals surface area contributed by atoms with E-state index in [1.165, 1.54) is 45.1 Å². The molecule has 1 aliphatic carbocycles. The molecule has 0 heterocycles. The third-order valence-corrected chi connectivity index (χ3v) is 4.05. The zero-order chi connectivity index (χ0) is 12.0. The van der Waals surface area contributed by atoms with Crippen molar-refractivity contribution in [2.24, 2.45) is 0 Å². The molecule has 1 aliphatic rings. The number of nitrogens with one attached hydrogen (secondary N) is 1. The molecule has 0 aromatic rings. The highest BCUT2D eigenvalue weighted by molar-refractivity contribution is 4.86. The predicted octanol–water partition coefficient (Wildman–Crippen LogP) is 3.03. The van der Waals surface area contributed by atoms with E-state index in [1.807, 2.05) is 0 Å². The van der Waals surface area contributed by atoms with E-state index in [0.717, 1.165) is 6.04 Å². The smallest absolute Gasteiger partial charge is 0.0251 e. The second-order valence-corrected chi connectivity index (χ2v) is 5.38. The molecular weight excluding hydrogens is 196 g/mol. The number of hydrogen-bond acceptors (Lipinski definition) is 2. The fourth-order valence-corrected chi connectivity index (χ4v) is 3.18. The molecule has 1 fully saturated rings. The van der Waals surface area contributed by atoms with Crippen LogP contribution in [-0.2, 0) is 0 Å². The molecule has 1 saturated carbocycles. The summed E-state index contributed by atoms with van der Waals surface area (Å²) in [6.45, 7) is 8.13. The Morgan fingerprint density at radius 1 is 1.12 bits per heavy atom. The molecule has 2 unspecified atom stereocenters. The summed E-state index contributed by atoms with van der Waals surface area (Å²) < 4.78 is 0. The van der Waals surface area contributed by atoms with Crippen LogP contribution in [0.2, 0.25) is 0 Å². The minimum absolute atomic E-state index is 0.672. The van der Waals surface area contributed by atoms with E-state index in [2.05, 4.69) is 38.0 Å². The molecule has 0 aliphatic heterocycles. The Morgan fingerprint density at radius 3 is 2.25 bits per heavy atom. The van der Waals surface area contributed by atoms with Crippen molar-refractivity contribution in [3.8, 4) is 0 Å². The Morgan fingerprint density at radius 2 is 1.75 bits per heavy atom. The number of hydrogen-bond donors (Lipinski definition) is 1. The van der Waals surface area contributed by atoms with Gasteiger partial charge in [0, 0.05) is 18.1 Å². The van der Waals surface area contributed by atoms with E-state index in [-0.39, 0.29) is 0 Å². The molecule has 0 bridgehead atoms. The largest absolute Gasteiger partial charge is 0.315 e. The van der Waals surface area contributed by atoms with Crippen molar-refractivity contribution in [3.63, 3.8) is 0 Å². The van der Waals surface area contributed by atoms with E-state index >= 15 is 0 Å². The lowest BCUT2D eigenvalue weighted by Crippen LogP contribution is -2.52. The SMILES string of the molecule is CCN(C(C)C)C1CCCCCCC1NC. The van der Waals surface area contributed by atoms with E-state index in [1.54, 1.807) is 0 Å². The Balaban J connectivity index is 2.67. The quantitative estimate of drug-likeness (QED) is 0.792. The molecule has 0 amide bonds. The summed E-state index contributed by atoms with van der Waals surface area (Å²) in [6.07, 6.45) is 8.40. The van der Waals surface area contributed by atoms with E-state index in [4.69, 9.17) is 0 Å². The van der Waals surface area contributed by atoms with Crippen molar-refractivity contribution >= 4 is 0 Å². The van der Waals surface area contributed by atoms with E-state index in [0.29, 0.717) is 12.1 Å². The van der Waals surface area contributed by atoms with Gasteiger partial charge in [-0.25, -0.2) is 0 Å². The van der Waals surface area contributed by atoms with Gasteiger partial charge in [-0.05, 0) is 40.3 Å². The Kier molecular flexibility index (Phi) is 6.37. The van der Waals surface area contributed by atoms with Gasteiger partial charge < -0.3 is 5.32 Å². The molecule has 0 saturated heterocycles. The van der Waals surface area contributed by atoms with Crippen LogP contribution < -0.4 is 5.32 Å². The molecule has 2 nitrogen and oxygen atoms in total. The van der Waals surface area contributed by atoms with Crippen molar-refractivity contribution in [2.75, 3.05) is 13.6 Å². The number of rotatable bonds is 4. The first-order valence-electron chi connectivity index (χ1n) is 7.13. The molecule has 2 atom stereocenters. The molecule has 16 heavy (non-hydrogen) atoms. The summed E-state index contributed by atoms with van der Waals surface area (Å²) in [5.41, 5.74) is 0. The third kappa shape index (κ3) is 3.74. The molecule has 1 rings (SSSR count). The average Bonchev–Trinajstić information content (AvgIpc) is 2.22. The zero-order valence-electron chi connectivity index (χ0n) is 11.6. The van der Waals surface area contributed by atoms with E-state index < -0.39 is 0 Å². The van der Waals surface area contributed by atoms with Crippen LogP contribution in [0.4, 0.5) is 0 Å². The summed E-state index contributed by atoms with van der Waals surface area (Å²) >= 11 is 0. The molecule has 0 radical (unpaired) electrons. The van der Waals surface area contributed by atoms with Gasteiger partial charge in [0.25, 0.3) is 0 Å². The van der Waals surface area contributed by atoms with Gasteiger partial charge in [0.2, 0.25) is 0 Å². The highest BCUT2D eigenvalue weighted by atomic mass is 15.2. The number of likely N-dealkylation sites (N-methyl/N-ethyl adjacent to an activating group) is 2. The van der Waals surface area contributed by atoms with Crippen LogP contribution in [0.5, 0.6) is 0 Å². The summed E-state index contributed by atoms with van der Waals surface area (Å²) in [5.74, 6) is 0. The Hall–Kier alpha value is -0.0800. The first-order chi connectivity index (χ1) is 7.70. The molecule has 0 aromatic heterocycles. The van der Waals surface area contributed by atoms with Gasteiger partial charge in [-0.1, -0.05) is 32.6 Å². The third-order valence-electron chi connectivity index (χ3n) is 4.05. The van der Waals surface area contributed by atoms with Gasteiger partial charge in [-0.2, -0.15) is 0 Å². The fraction of sp³-hybridized carbons (Fsp3) is 1.00. The number of nitrogens with zero attached hydrogens (tertiary/aromatic N) is 1. The van der Waals surface area contributed by atoms with Gasteiger partial charge in [-0.15, -0.1) is 0 Å². The van der Waals surface area contributed by atoms with Gasteiger partial charge in [0.05, 0.1) is 0 Å². The van der Waals surface area contributed by atoms with Crippen molar-refractivity contribution in [2.45, 2.75) is 77.4 Å². The standard InChI is InChI=1S/C14H30N2/c1-5-16(12(2)3)14-11-9-7-6-8-10-13(14)15-4/h12-15H,5-11H2,1-4H3. The lowest BCUT2D eigenvalue weighted by atomic mass is 9.90. The fourth-order valence-electron chi connectivity index (χ4n) is 3.18. The first-order valence-corrected chi connectivity index (χ1v) is 7.13. The van der Waals surface area contributed by atoms with Crippen molar-refractivity contribution < 1.29 is 0 Å². The van der Waals surface area contributed by atoms with Crippen LogP contribution >= 0.6 is 0 Å². The molecule has 96 valence electrons. The van der Waals surface area contributed by atoms with Gasteiger partial charge in [-0.3, -0.25) is 4.90 Å². The second-order valence-electron chi connectivity index (χ2n) is 5.38. The molecule has 0 spiro atoms. The minimum Gasteiger partial charge on any atom is -0.315 e. The Labute approximate surface area is 102 Å². The summed E-state index contributed by atoms with van der Waals surface area (Å²) in [7, 11) is 2.13. The topological polar surface area (TPSA) is 15.3 Å². The van der Waals surface area contributed by atoms with Gasteiger partial charge in [0.15, 0.2) is 0 Å². The molecular formula is C14H30N2.